The van der Waals surface area contributed by atoms with Crippen LogP contribution in [0.15, 0.2) is 22.7 Å². The van der Waals surface area contributed by atoms with Crippen LogP contribution in [0.5, 0.6) is 0 Å². The quantitative estimate of drug-likeness (QED) is 0.771. The van der Waals surface area contributed by atoms with Crippen molar-refractivity contribution in [3.05, 3.63) is 28.2 Å². The molecule has 1 amide bonds. The minimum atomic E-state index is 0.138. The molecule has 2 rings (SSSR count). The minimum absolute atomic E-state index is 0.138. The predicted octanol–water partition coefficient (Wildman–Crippen LogP) is 3.01. The summed E-state index contributed by atoms with van der Waals surface area (Å²) >= 11 is 8.99. The van der Waals surface area contributed by atoms with Gasteiger partial charge in [0.1, 0.15) is 0 Å². The van der Waals surface area contributed by atoms with Crippen LogP contribution in [0.3, 0.4) is 0 Å². The summed E-state index contributed by atoms with van der Waals surface area (Å²) in [6.07, 6.45) is 0.945. The fraction of sp³-hybridized carbons (Fsp3) is 0.467. The third-order valence-electron chi connectivity index (χ3n) is 3.64. The van der Waals surface area contributed by atoms with E-state index in [1.807, 2.05) is 17.0 Å². The largest absolute Gasteiger partial charge is 0.347 e. The van der Waals surface area contributed by atoms with E-state index in [9.17, 15) is 4.79 Å². The standard InChI is InChI=1S/C15H20BrN3OS/c1-11-10-13(4-5-14(11)16)17-15(21)19-7-3-6-18(8-9-19)12(2)20/h4-5,10H,3,6-9H2,1-2H3,(H,17,21). The van der Waals surface area contributed by atoms with E-state index >= 15 is 0 Å². The van der Waals surface area contributed by atoms with Gasteiger partial charge < -0.3 is 15.1 Å². The van der Waals surface area contributed by atoms with Crippen LogP contribution in [0.2, 0.25) is 0 Å². The van der Waals surface area contributed by atoms with Crippen LogP contribution in [0.25, 0.3) is 0 Å². The topological polar surface area (TPSA) is 35.6 Å². The Morgan fingerprint density at radius 2 is 1.90 bits per heavy atom. The van der Waals surface area contributed by atoms with Crippen molar-refractivity contribution in [2.24, 2.45) is 0 Å². The Morgan fingerprint density at radius 1 is 1.24 bits per heavy atom. The highest BCUT2D eigenvalue weighted by atomic mass is 79.9. The summed E-state index contributed by atoms with van der Waals surface area (Å²) in [5, 5.41) is 4.01. The Morgan fingerprint density at radius 3 is 2.57 bits per heavy atom. The number of carbonyl (C=O) groups is 1. The highest BCUT2D eigenvalue weighted by Gasteiger charge is 2.18. The summed E-state index contributed by atoms with van der Waals surface area (Å²) in [6.45, 7) is 6.88. The van der Waals surface area contributed by atoms with E-state index in [1.54, 1.807) is 6.92 Å². The second kappa shape index (κ2) is 7.22. The Bertz CT molecular complexity index is 550. The average Bonchev–Trinajstić information content (AvgIpc) is 2.69. The van der Waals surface area contributed by atoms with Gasteiger partial charge >= 0.3 is 0 Å². The van der Waals surface area contributed by atoms with Crippen LogP contribution in [0.4, 0.5) is 5.69 Å². The van der Waals surface area contributed by atoms with Gasteiger partial charge in [-0.3, -0.25) is 4.79 Å². The van der Waals surface area contributed by atoms with Crippen molar-refractivity contribution in [2.45, 2.75) is 20.3 Å². The molecular formula is C15H20BrN3OS. The van der Waals surface area contributed by atoms with Gasteiger partial charge in [-0.15, -0.1) is 0 Å². The van der Waals surface area contributed by atoms with Gasteiger partial charge in [0.25, 0.3) is 0 Å². The molecule has 0 bridgehead atoms. The lowest BCUT2D eigenvalue weighted by atomic mass is 10.2. The Hall–Kier alpha value is -1.14. The van der Waals surface area contributed by atoms with Crippen LogP contribution in [-0.4, -0.2) is 47.0 Å². The molecule has 0 saturated carbocycles. The molecule has 21 heavy (non-hydrogen) atoms. The van der Waals surface area contributed by atoms with Crippen molar-refractivity contribution < 1.29 is 4.79 Å². The number of halogens is 1. The van der Waals surface area contributed by atoms with E-state index in [-0.39, 0.29) is 5.91 Å². The minimum Gasteiger partial charge on any atom is -0.347 e. The first-order chi connectivity index (χ1) is 9.97. The first kappa shape index (κ1) is 16.2. The molecule has 6 heteroatoms. The van der Waals surface area contributed by atoms with Crippen LogP contribution >= 0.6 is 28.1 Å². The zero-order valence-corrected chi connectivity index (χ0v) is 14.8. The summed E-state index contributed by atoms with van der Waals surface area (Å²) in [6, 6.07) is 6.08. The number of anilines is 1. The van der Waals surface area contributed by atoms with Gasteiger partial charge in [0.05, 0.1) is 0 Å². The number of hydrogen-bond acceptors (Lipinski definition) is 2. The molecule has 0 atom stereocenters. The number of hydrogen-bond donors (Lipinski definition) is 1. The van der Waals surface area contributed by atoms with E-state index in [2.05, 4.69) is 39.1 Å². The lowest BCUT2D eigenvalue weighted by molar-refractivity contribution is -0.128. The van der Waals surface area contributed by atoms with Crippen LogP contribution in [0, 0.1) is 6.92 Å². The van der Waals surface area contributed by atoms with E-state index in [4.69, 9.17) is 12.2 Å². The third kappa shape index (κ3) is 4.41. The Kier molecular flexibility index (Phi) is 5.58. The fourth-order valence-corrected chi connectivity index (χ4v) is 2.91. The fourth-order valence-electron chi connectivity index (χ4n) is 2.36. The summed E-state index contributed by atoms with van der Waals surface area (Å²) < 4.78 is 1.09. The zero-order valence-electron chi connectivity index (χ0n) is 12.4. The maximum Gasteiger partial charge on any atom is 0.219 e. The van der Waals surface area contributed by atoms with Crippen molar-refractivity contribution in [3.63, 3.8) is 0 Å². The number of benzene rings is 1. The van der Waals surface area contributed by atoms with Crippen molar-refractivity contribution in [1.82, 2.24) is 9.80 Å². The molecule has 0 unspecified atom stereocenters. The van der Waals surface area contributed by atoms with Crippen molar-refractivity contribution in [1.29, 1.82) is 0 Å². The molecule has 1 aromatic rings. The van der Waals surface area contributed by atoms with Gasteiger partial charge in [-0.2, -0.15) is 0 Å². The number of rotatable bonds is 1. The maximum absolute atomic E-state index is 11.4. The monoisotopic (exact) mass is 369 g/mol. The van der Waals surface area contributed by atoms with Crippen molar-refractivity contribution in [2.75, 3.05) is 31.5 Å². The smallest absolute Gasteiger partial charge is 0.219 e. The summed E-state index contributed by atoms with van der Waals surface area (Å²) in [4.78, 5) is 15.5. The molecule has 114 valence electrons. The number of nitrogens with one attached hydrogen (secondary N) is 1. The highest BCUT2D eigenvalue weighted by Crippen LogP contribution is 2.20. The molecule has 1 N–H and O–H groups in total. The molecule has 1 saturated heterocycles. The Balaban J connectivity index is 1.96. The number of aryl methyl sites for hydroxylation is 1. The summed E-state index contributed by atoms with van der Waals surface area (Å²) in [5.74, 6) is 0.138. The van der Waals surface area contributed by atoms with E-state index in [1.165, 1.54) is 5.56 Å². The van der Waals surface area contributed by atoms with Gasteiger partial charge in [0, 0.05) is 43.3 Å². The van der Waals surface area contributed by atoms with Crippen LogP contribution in [0.1, 0.15) is 18.9 Å². The van der Waals surface area contributed by atoms with Crippen LogP contribution in [-0.2, 0) is 4.79 Å². The molecule has 1 heterocycles. The van der Waals surface area contributed by atoms with Gasteiger partial charge in [0.2, 0.25) is 5.91 Å². The molecule has 1 aliphatic heterocycles. The van der Waals surface area contributed by atoms with Gasteiger partial charge in [-0.25, -0.2) is 0 Å². The normalized spacial score (nSPS) is 15.6. The number of amides is 1. The second-order valence-electron chi connectivity index (χ2n) is 5.24. The zero-order chi connectivity index (χ0) is 15.4. The molecular weight excluding hydrogens is 350 g/mol. The van der Waals surface area contributed by atoms with E-state index in [0.717, 1.165) is 47.9 Å². The van der Waals surface area contributed by atoms with Crippen molar-refractivity contribution >= 4 is 44.9 Å². The van der Waals surface area contributed by atoms with Gasteiger partial charge in [-0.05, 0) is 49.3 Å². The highest BCUT2D eigenvalue weighted by molar-refractivity contribution is 9.10. The molecule has 1 aliphatic rings. The molecule has 4 nitrogen and oxygen atoms in total. The molecule has 0 spiro atoms. The summed E-state index contributed by atoms with van der Waals surface area (Å²) in [7, 11) is 0. The predicted molar refractivity (Wildman–Crippen MR) is 93.5 cm³/mol. The van der Waals surface area contributed by atoms with Gasteiger partial charge in [-0.1, -0.05) is 15.9 Å². The number of thiocarbonyl (C=S) groups is 1. The first-order valence-corrected chi connectivity index (χ1v) is 8.25. The molecule has 1 aromatic carbocycles. The van der Waals surface area contributed by atoms with Crippen molar-refractivity contribution in [3.8, 4) is 0 Å². The van der Waals surface area contributed by atoms with E-state index < -0.39 is 0 Å². The number of carbonyl (C=O) groups excluding carboxylic acids is 1. The average molecular weight is 370 g/mol. The molecule has 1 fully saturated rings. The molecule has 0 aliphatic carbocycles. The van der Waals surface area contributed by atoms with Crippen LogP contribution < -0.4 is 5.32 Å². The lowest BCUT2D eigenvalue weighted by Crippen LogP contribution is -2.38. The van der Waals surface area contributed by atoms with E-state index in [0.29, 0.717) is 0 Å². The maximum atomic E-state index is 11.4. The SMILES string of the molecule is CC(=O)N1CCCN(C(=S)Nc2ccc(Br)c(C)c2)CC1. The first-order valence-electron chi connectivity index (χ1n) is 7.05. The lowest BCUT2D eigenvalue weighted by Gasteiger charge is -2.24. The number of nitrogens with zero attached hydrogens (tertiary/aromatic N) is 2. The molecule has 0 radical (unpaired) electrons. The van der Waals surface area contributed by atoms with Gasteiger partial charge in [0.15, 0.2) is 5.11 Å². The summed E-state index contributed by atoms with van der Waals surface area (Å²) in [5.41, 5.74) is 2.16. The second-order valence-corrected chi connectivity index (χ2v) is 6.48. The third-order valence-corrected chi connectivity index (χ3v) is 4.89. The molecule has 0 aromatic heterocycles. The Labute approximate surface area is 139 Å².